The first-order valence-electron chi connectivity index (χ1n) is 4.86. The Morgan fingerprint density at radius 3 is 2.44 bits per heavy atom. The van der Waals surface area contributed by atoms with E-state index in [0.29, 0.717) is 4.90 Å². The minimum atomic E-state index is -4.50. The maximum atomic E-state index is 12.3. The number of halogens is 3. The normalized spacial score (nSPS) is 26.9. The van der Waals surface area contributed by atoms with Gasteiger partial charge in [0.05, 0.1) is 6.54 Å². The molecule has 1 saturated heterocycles. The Morgan fingerprint density at radius 2 is 2.00 bits per heavy atom. The molecule has 0 bridgehead atoms. The maximum absolute atomic E-state index is 12.3. The summed E-state index contributed by atoms with van der Waals surface area (Å²) in [4.78, 5) is 23.5. The third kappa shape index (κ3) is 2.28. The molecular weight excluding hydrogens is 225 g/mol. The molecule has 1 aliphatic rings. The zero-order chi connectivity index (χ0) is 12.6. The van der Waals surface area contributed by atoms with Crippen LogP contribution in [0.5, 0.6) is 0 Å². The van der Waals surface area contributed by atoms with Gasteiger partial charge in [-0.15, -0.1) is 0 Å². The van der Waals surface area contributed by atoms with Gasteiger partial charge in [0.25, 0.3) is 0 Å². The lowest BCUT2D eigenvalue weighted by Crippen LogP contribution is -2.67. The van der Waals surface area contributed by atoms with E-state index in [0.717, 1.165) is 0 Å². The van der Waals surface area contributed by atoms with Gasteiger partial charge in [0.1, 0.15) is 12.1 Å². The number of nitrogens with zero attached hydrogens (tertiary/aromatic N) is 1. The van der Waals surface area contributed by atoms with E-state index in [4.69, 9.17) is 0 Å². The van der Waals surface area contributed by atoms with E-state index in [1.165, 1.54) is 6.92 Å². The summed E-state index contributed by atoms with van der Waals surface area (Å²) in [6.45, 7) is 1.15. The minimum absolute atomic E-state index is 0.140. The molecule has 1 heterocycles. The highest BCUT2D eigenvalue weighted by Gasteiger charge is 2.48. The topological polar surface area (TPSA) is 49.4 Å². The van der Waals surface area contributed by atoms with Crippen LogP contribution in [0.2, 0.25) is 0 Å². The van der Waals surface area contributed by atoms with E-state index in [-0.39, 0.29) is 13.0 Å². The summed E-state index contributed by atoms with van der Waals surface area (Å²) in [5, 5.41) is 2.29. The molecule has 92 valence electrons. The zero-order valence-electron chi connectivity index (χ0n) is 9.02. The van der Waals surface area contributed by atoms with E-state index >= 15 is 0 Å². The Hall–Kier alpha value is -1.27. The monoisotopic (exact) mass is 238 g/mol. The van der Waals surface area contributed by atoms with Crippen molar-refractivity contribution in [1.29, 1.82) is 0 Å². The SMILES string of the molecule is CCC1(C)C(=O)NCC(=O)N1CC(F)(F)F. The number of hydrogen-bond donors (Lipinski definition) is 1. The summed E-state index contributed by atoms with van der Waals surface area (Å²) in [5.74, 6) is -1.25. The van der Waals surface area contributed by atoms with Crippen molar-refractivity contribution in [3.8, 4) is 0 Å². The lowest BCUT2D eigenvalue weighted by atomic mass is 9.92. The quantitative estimate of drug-likeness (QED) is 0.769. The highest BCUT2D eigenvalue weighted by atomic mass is 19.4. The fourth-order valence-corrected chi connectivity index (χ4v) is 1.63. The predicted molar refractivity (Wildman–Crippen MR) is 49.5 cm³/mol. The average Bonchev–Trinajstić information content (AvgIpc) is 2.17. The molecule has 0 aromatic carbocycles. The fraction of sp³-hybridized carbons (Fsp3) is 0.778. The molecule has 0 aromatic rings. The Kier molecular flexibility index (Phi) is 3.16. The van der Waals surface area contributed by atoms with E-state index in [9.17, 15) is 22.8 Å². The van der Waals surface area contributed by atoms with Crippen molar-refractivity contribution in [1.82, 2.24) is 10.2 Å². The molecule has 1 unspecified atom stereocenters. The van der Waals surface area contributed by atoms with Gasteiger partial charge in [-0.1, -0.05) is 6.92 Å². The Balaban J connectivity index is 2.99. The summed E-state index contributed by atoms with van der Waals surface area (Å²) in [6.07, 6.45) is -4.36. The number of amides is 2. The molecule has 1 rings (SSSR count). The van der Waals surface area contributed by atoms with E-state index < -0.39 is 30.1 Å². The number of piperazine rings is 1. The molecule has 2 amide bonds. The second kappa shape index (κ2) is 3.95. The van der Waals surface area contributed by atoms with Crippen LogP contribution in [0, 0.1) is 0 Å². The summed E-state index contributed by atoms with van der Waals surface area (Å²) in [6, 6.07) is 0. The third-order valence-corrected chi connectivity index (χ3v) is 2.81. The van der Waals surface area contributed by atoms with E-state index in [2.05, 4.69) is 5.32 Å². The molecule has 1 atom stereocenters. The molecule has 1 fully saturated rings. The van der Waals surface area contributed by atoms with Crippen LogP contribution < -0.4 is 5.32 Å². The highest BCUT2D eigenvalue weighted by molar-refractivity contribution is 5.97. The minimum Gasteiger partial charge on any atom is -0.345 e. The maximum Gasteiger partial charge on any atom is 0.406 e. The molecule has 4 nitrogen and oxygen atoms in total. The first kappa shape index (κ1) is 12.8. The molecular formula is C9H13F3N2O2. The van der Waals surface area contributed by atoms with Crippen LogP contribution in [0.3, 0.4) is 0 Å². The van der Waals surface area contributed by atoms with Gasteiger partial charge < -0.3 is 10.2 Å². The zero-order valence-corrected chi connectivity index (χ0v) is 9.02. The smallest absolute Gasteiger partial charge is 0.345 e. The van der Waals surface area contributed by atoms with Gasteiger partial charge in [-0.25, -0.2) is 0 Å². The van der Waals surface area contributed by atoms with Crippen molar-refractivity contribution in [3.05, 3.63) is 0 Å². The van der Waals surface area contributed by atoms with Crippen molar-refractivity contribution in [3.63, 3.8) is 0 Å². The van der Waals surface area contributed by atoms with Crippen molar-refractivity contribution < 1.29 is 22.8 Å². The Bertz CT molecular complexity index is 316. The van der Waals surface area contributed by atoms with Crippen LogP contribution in [0.25, 0.3) is 0 Å². The Labute approximate surface area is 90.8 Å². The van der Waals surface area contributed by atoms with Crippen molar-refractivity contribution in [2.45, 2.75) is 32.0 Å². The number of alkyl halides is 3. The molecule has 0 aliphatic carbocycles. The largest absolute Gasteiger partial charge is 0.406 e. The predicted octanol–water partition coefficient (Wildman–Crippen LogP) is 0.676. The summed E-state index contributed by atoms with van der Waals surface area (Å²) < 4.78 is 36.9. The first-order valence-corrected chi connectivity index (χ1v) is 4.86. The molecule has 0 radical (unpaired) electrons. The molecule has 0 saturated carbocycles. The number of nitrogens with one attached hydrogen (secondary N) is 1. The van der Waals surface area contributed by atoms with Gasteiger partial charge in [0.2, 0.25) is 11.8 Å². The van der Waals surface area contributed by atoms with Crippen LogP contribution in [-0.4, -0.2) is 41.5 Å². The lowest BCUT2D eigenvalue weighted by Gasteiger charge is -2.43. The number of carbonyl (C=O) groups excluding carboxylic acids is 2. The van der Waals surface area contributed by atoms with E-state index in [1.807, 2.05) is 0 Å². The average molecular weight is 238 g/mol. The van der Waals surface area contributed by atoms with Crippen LogP contribution >= 0.6 is 0 Å². The van der Waals surface area contributed by atoms with Gasteiger partial charge in [0.15, 0.2) is 0 Å². The van der Waals surface area contributed by atoms with Crippen LogP contribution in [0.4, 0.5) is 13.2 Å². The summed E-state index contributed by atoms with van der Waals surface area (Å²) >= 11 is 0. The third-order valence-electron chi connectivity index (χ3n) is 2.81. The molecule has 7 heteroatoms. The number of hydrogen-bond acceptors (Lipinski definition) is 2. The van der Waals surface area contributed by atoms with Crippen molar-refractivity contribution in [2.75, 3.05) is 13.1 Å². The van der Waals surface area contributed by atoms with Gasteiger partial charge in [-0.3, -0.25) is 9.59 Å². The van der Waals surface area contributed by atoms with Gasteiger partial charge >= 0.3 is 6.18 Å². The number of carbonyl (C=O) groups is 2. The highest BCUT2D eigenvalue weighted by Crippen LogP contribution is 2.27. The van der Waals surface area contributed by atoms with Crippen LogP contribution in [0.15, 0.2) is 0 Å². The number of rotatable bonds is 2. The van der Waals surface area contributed by atoms with E-state index in [1.54, 1.807) is 6.92 Å². The van der Waals surface area contributed by atoms with Crippen LogP contribution in [-0.2, 0) is 9.59 Å². The second-order valence-electron chi connectivity index (χ2n) is 3.91. The molecule has 1 N–H and O–H groups in total. The molecule has 0 aromatic heterocycles. The lowest BCUT2D eigenvalue weighted by molar-refractivity contribution is -0.179. The molecule has 0 spiro atoms. The van der Waals surface area contributed by atoms with Gasteiger partial charge in [0, 0.05) is 0 Å². The fourth-order valence-electron chi connectivity index (χ4n) is 1.63. The Morgan fingerprint density at radius 1 is 1.44 bits per heavy atom. The van der Waals surface area contributed by atoms with Gasteiger partial charge in [-0.2, -0.15) is 13.2 Å². The summed E-state index contributed by atoms with van der Waals surface area (Å²) in [7, 11) is 0. The standard InChI is InChI=1S/C9H13F3N2O2/c1-3-8(2)7(16)13-4-6(15)14(8)5-9(10,11)12/h3-5H2,1-2H3,(H,13,16). The second-order valence-corrected chi connectivity index (χ2v) is 3.91. The van der Waals surface area contributed by atoms with Gasteiger partial charge in [-0.05, 0) is 13.3 Å². The first-order chi connectivity index (χ1) is 7.20. The summed E-state index contributed by atoms with van der Waals surface area (Å²) in [5.41, 5.74) is -1.41. The molecule has 16 heavy (non-hydrogen) atoms. The van der Waals surface area contributed by atoms with Crippen molar-refractivity contribution >= 4 is 11.8 Å². The van der Waals surface area contributed by atoms with Crippen molar-refractivity contribution in [2.24, 2.45) is 0 Å². The van der Waals surface area contributed by atoms with Crippen LogP contribution in [0.1, 0.15) is 20.3 Å². The molecule has 1 aliphatic heterocycles.